The van der Waals surface area contributed by atoms with Crippen molar-refractivity contribution in [2.45, 2.75) is 46.5 Å². The van der Waals surface area contributed by atoms with E-state index in [1.807, 2.05) is 13.0 Å². The molecule has 1 aliphatic rings. The van der Waals surface area contributed by atoms with Gasteiger partial charge in [0.1, 0.15) is 5.75 Å². The minimum absolute atomic E-state index is 0.555. The van der Waals surface area contributed by atoms with Crippen molar-refractivity contribution in [3.8, 4) is 5.75 Å². The zero-order chi connectivity index (χ0) is 14.6. The van der Waals surface area contributed by atoms with Crippen molar-refractivity contribution < 1.29 is 4.74 Å². The zero-order valence-corrected chi connectivity index (χ0v) is 13.1. The van der Waals surface area contributed by atoms with Gasteiger partial charge in [-0.1, -0.05) is 26.7 Å². The Hall–Kier alpha value is -1.38. The molecule has 0 bridgehead atoms. The molecule has 1 fully saturated rings. The first-order chi connectivity index (χ1) is 9.62. The van der Waals surface area contributed by atoms with Crippen molar-refractivity contribution in [2.24, 2.45) is 5.41 Å². The molecule has 1 aromatic carbocycles. The lowest BCUT2D eigenvalue weighted by atomic mass is 9.74. The van der Waals surface area contributed by atoms with Gasteiger partial charge in [0.15, 0.2) is 0 Å². The van der Waals surface area contributed by atoms with E-state index in [1.165, 1.54) is 31.4 Å². The molecule has 20 heavy (non-hydrogen) atoms. The highest BCUT2D eigenvalue weighted by atomic mass is 16.5. The van der Waals surface area contributed by atoms with Gasteiger partial charge in [-0.3, -0.25) is 0 Å². The Morgan fingerprint density at radius 3 is 2.30 bits per heavy atom. The predicted octanol–water partition coefficient (Wildman–Crippen LogP) is 4.07. The molecular weight excluding hydrogens is 248 g/mol. The van der Waals surface area contributed by atoms with E-state index in [1.54, 1.807) is 0 Å². The van der Waals surface area contributed by atoms with Crippen LogP contribution in [0.15, 0.2) is 18.2 Å². The Morgan fingerprint density at radius 1 is 1.10 bits per heavy atom. The molecule has 3 nitrogen and oxygen atoms in total. The molecule has 0 amide bonds. The van der Waals surface area contributed by atoms with Gasteiger partial charge in [0.2, 0.25) is 0 Å². The second-order valence-corrected chi connectivity index (χ2v) is 5.89. The van der Waals surface area contributed by atoms with Crippen molar-refractivity contribution in [1.29, 1.82) is 0 Å². The van der Waals surface area contributed by atoms with Gasteiger partial charge in [-0.05, 0) is 31.2 Å². The summed E-state index contributed by atoms with van der Waals surface area (Å²) in [6.45, 7) is 9.57. The largest absolute Gasteiger partial charge is 0.494 e. The van der Waals surface area contributed by atoms with Gasteiger partial charge in [0, 0.05) is 36.6 Å². The van der Waals surface area contributed by atoms with Crippen molar-refractivity contribution in [2.75, 3.05) is 30.3 Å². The fraction of sp³-hybridized carbons (Fsp3) is 0.647. The molecular formula is C17H28N2O. The molecule has 0 atom stereocenters. The first-order valence-corrected chi connectivity index (χ1v) is 7.91. The van der Waals surface area contributed by atoms with Gasteiger partial charge in [-0.15, -0.1) is 0 Å². The van der Waals surface area contributed by atoms with Gasteiger partial charge < -0.3 is 15.4 Å². The van der Waals surface area contributed by atoms with Crippen LogP contribution in [-0.4, -0.2) is 19.7 Å². The van der Waals surface area contributed by atoms with Crippen LogP contribution >= 0.6 is 0 Å². The van der Waals surface area contributed by atoms with Crippen LogP contribution < -0.4 is 15.4 Å². The molecule has 3 heteroatoms. The number of rotatable bonds is 5. The number of ether oxygens (including phenoxy) is 1. The van der Waals surface area contributed by atoms with E-state index >= 15 is 0 Å². The van der Waals surface area contributed by atoms with E-state index in [0.717, 1.165) is 24.5 Å². The summed E-state index contributed by atoms with van der Waals surface area (Å²) in [5, 5.41) is 0. The normalized spacial score (nSPS) is 18.1. The highest BCUT2D eigenvalue weighted by Gasteiger charge is 2.31. The summed E-state index contributed by atoms with van der Waals surface area (Å²) < 4.78 is 5.59. The first kappa shape index (κ1) is 15.0. The molecule has 0 unspecified atom stereocenters. The second-order valence-electron chi connectivity index (χ2n) is 5.89. The quantitative estimate of drug-likeness (QED) is 0.824. The van der Waals surface area contributed by atoms with Crippen LogP contribution in [0.2, 0.25) is 0 Å². The molecule has 0 saturated carbocycles. The molecule has 112 valence electrons. The highest BCUT2D eigenvalue weighted by Crippen LogP contribution is 2.39. The van der Waals surface area contributed by atoms with Crippen LogP contribution in [0.4, 0.5) is 11.4 Å². The summed E-state index contributed by atoms with van der Waals surface area (Å²) >= 11 is 0. The van der Waals surface area contributed by atoms with E-state index in [9.17, 15) is 0 Å². The van der Waals surface area contributed by atoms with Crippen molar-refractivity contribution in [3.05, 3.63) is 18.2 Å². The van der Waals surface area contributed by atoms with Gasteiger partial charge in [-0.2, -0.15) is 0 Å². The third kappa shape index (κ3) is 3.20. The fourth-order valence-corrected chi connectivity index (χ4v) is 3.23. The molecule has 1 saturated heterocycles. The van der Waals surface area contributed by atoms with E-state index in [-0.39, 0.29) is 0 Å². The smallest absolute Gasteiger partial charge is 0.123 e. The van der Waals surface area contributed by atoms with E-state index in [2.05, 4.69) is 30.9 Å². The maximum atomic E-state index is 6.00. The van der Waals surface area contributed by atoms with Gasteiger partial charge in [-0.25, -0.2) is 0 Å². The van der Waals surface area contributed by atoms with Crippen LogP contribution in [0.1, 0.15) is 46.5 Å². The zero-order valence-electron chi connectivity index (χ0n) is 13.1. The summed E-state index contributed by atoms with van der Waals surface area (Å²) in [5.74, 6) is 0.880. The number of hydrogen-bond acceptors (Lipinski definition) is 3. The van der Waals surface area contributed by atoms with Crippen LogP contribution in [-0.2, 0) is 0 Å². The van der Waals surface area contributed by atoms with E-state index in [4.69, 9.17) is 10.5 Å². The minimum Gasteiger partial charge on any atom is -0.494 e. The van der Waals surface area contributed by atoms with Crippen LogP contribution in [0.3, 0.4) is 0 Å². The maximum absolute atomic E-state index is 6.00. The van der Waals surface area contributed by atoms with Crippen molar-refractivity contribution >= 4 is 11.4 Å². The number of nitrogens with zero attached hydrogens (tertiary/aromatic N) is 1. The predicted molar refractivity (Wildman–Crippen MR) is 86.5 cm³/mol. The average Bonchev–Trinajstić information content (AvgIpc) is 2.47. The Labute approximate surface area is 123 Å². The molecule has 1 heterocycles. The average molecular weight is 276 g/mol. The Kier molecular flexibility index (Phi) is 4.79. The van der Waals surface area contributed by atoms with Gasteiger partial charge in [0.05, 0.1) is 6.61 Å². The molecule has 0 aromatic heterocycles. The second kappa shape index (κ2) is 6.38. The van der Waals surface area contributed by atoms with E-state index in [0.29, 0.717) is 12.0 Å². The summed E-state index contributed by atoms with van der Waals surface area (Å²) in [5.41, 5.74) is 8.54. The summed E-state index contributed by atoms with van der Waals surface area (Å²) in [7, 11) is 0. The Bertz CT molecular complexity index is 431. The maximum Gasteiger partial charge on any atom is 0.123 e. The lowest BCUT2D eigenvalue weighted by Gasteiger charge is -2.42. The Balaban J connectivity index is 2.10. The molecule has 1 aromatic rings. The number of nitrogens with two attached hydrogens (primary N) is 1. The lowest BCUT2D eigenvalue weighted by Crippen LogP contribution is -2.39. The minimum atomic E-state index is 0.555. The van der Waals surface area contributed by atoms with Gasteiger partial charge >= 0.3 is 0 Å². The summed E-state index contributed by atoms with van der Waals surface area (Å²) in [6.07, 6.45) is 5.13. The van der Waals surface area contributed by atoms with Crippen LogP contribution in [0.25, 0.3) is 0 Å². The summed E-state index contributed by atoms with van der Waals surface area (Å²) in [6, 6.07) is 6.08. The fourth-order valence-electron chi connectivity index (χ4n) is 3.23. The van der Waals surface area contributed by atoms with Crippen molar-refractivity contribution in [1.82, 2.24) is 0 Å². The van der Waals surface area contributed by atoms with Crippen molar-refractivity contribution in [3.63, 3.8) is 0 Å². The molecule has 0 spiro atoms. The lowest BCUT2D eigenvalue weighted by molar-refractivity contribution is 0.199. The van der Waals surface area contributed by atoms with Crippen LogP contribution in [0, 0.1) is 5.41 Å². The van der Waals surface area contributed by atoms with E-state index < -0.39 is 0 Å². The Morgan fingerprint density at radius 2 is 1.75 bits per heavy atom. The molecule has 0 radical (unpaired) electrons. The number of anilines is 2. The first-order valence-electron chi connectivity index (χ1n) is 7.91. The molecule has 2 rings (SSSR count). The summed E-state index contributed by atoms with van der Waals surface area (Å²) in [4.78, 5) is 2.45. The topological polar surface area (TPSA) is 38.5 Å². The number of piperidine rings is 1. The number of nitrogen functional groups attached to an aromatic ring is 1. The molecule has 2 N–H and O–H groups in total. The number of hydrogen-bond donors (Lipinski definition) is 1. The van der Waals surface area contributed by atoms with Crippen LogP contribution in [0.5, 0.6) is 5.75 Å². The standard InChI is InChI=1S/C17H28N2O/c1-4-17(5-2)7-9-19(10-8-17)15-11-14(18)12-16(13-15)20-6-3/h11-13H,4-10,18H2,1-3H3. The monoisotopic (exact) mass is 276 g/mol. The van der Waals surface area contributed by atoms with Gasteiger partial charge in [0.25, 0.3) is 0 Å². The molecule has 1 aliphatic heterocycles. The third-order valence-corrected chi connectivity index (χ3v) is 4.91. The highest BCUT2D eigenvalue weighted by molar-refractivity contribution is 5.60. The number of benzene rings is 1. The third-order valence-electron chi connectivity index (χ3n) is 4.91. The SMILES string of the molecule is CCOc1cc(N)cc(N2CCC(CC)(CC)CC2)c1. The molecule has 0 aliphatic carbocycles.